The molecule has 0 unspecified atom stereocenters. The van der Waals surface area contributed by atoms with Gasteiger partial charge in [0.05, 0.1) is 28.0 Å². The van der Waals surface area contributed by atoms with Crippen molar-refractivity contribution in [2.45, 2.75) is 77.9 Å². The van der Waals surface area contributed by atoms with Gasteiger partial charge in [0.15, 0.2) is 0 Å². The van der Waals surface area contributed by atoms with E-state index in [1.165, 1.54) is 11.0 Å². The number of imide groups is 1. The van der Waals surface area contributed by atoms with Gasteiger partial charge < -0.3 is 20.1 Å². The number of amides is 3. The van der Waals surface area contributed by atoms with Crippen LogP contribution in [0.25, 0.3) is 11.1 Å². The summed E-state index contributed by atoms with van der Waals surface area (Å²) >= 11 is 6.45. The first-order chi connectivity index (χ1) is 25.0. The van der Waals surface area contributed by atoms with E-state index < -0.39 is 17.8 Å². The highest BCUT2D eigenvalue weighted by Gasteiger charge is 2.40. The smallest absolute Gasteiger partial charge is 0.255 e. The predicted octanol–water partition coefficient (Wildman–Crippen LogP) is 7.76. The Hall–Kier alpha value is -5.21. The van der Waals surface area contributed by atoms with Gasteiger partial charge in [0.25, 0.3) is 5.91 Å². The maximum absolute atomic E-state index is 15.3. The molecule has 1 saturated carbocycles. The molecule has 3 aromatic carbocycles. The fraction of sp³-hybridized carbons (Fsp3) is 0.375. The predicted molar refractivity (Wildman–Crippen MR) is 195 cm³/mol. The van der Waals surface area contributed by atoms with Crippen molar-refractivity contribution in [1.82, 2.24) is 15.4 Å². The van der Waals surface area contributed by atoms with Crippen molar-refractivity contribution in [2.24, 2.45) is 11.8 Å². The molecule has 2 aliphatic heterocycles. The van der Waals surface area contributed by atoms with Gasteiger partial charge in [-0.1, -0.05) is 28.9 Å². The van der Waals surface area contributed by atoms with E-state index in [1.54, 1.807) is 18.2 Å². The number of nitrogens with zero attached hydrogens (tertiary/aromatic N) is 3. The number of aryl methyl sites for hydroxylation is 3. The normalized spacial score (nSPS) is 20.7. The lowest BCUT2D eigenvalue weighted by Crippen LogP contribution is -2.52. The molecule has 3 amide bonds. The van der Waals surface area contributed by atoms with Gasteiger partial charge in [-0.05, 0) is 123 Å². The zero-order valence-electron chi connectivity index (χ0n) is 29.3. The van der Waals surface area contributed by atoms with Crippen molar-refractivity contribution in [3.05, 3.63) is 98.6 Å². The third kappa shape index (κ3) is 6.87. The van der Waals surface area contributed by atoms with Gasteiger partial charge in [-0.2, -0.15) is 5.26 Å². The maximum Gasteiger partial charge on any atom is 0.255 e. The summed E-state index contributed by atoms with van der Waals surface area (Å²) in [7, 11) is 0. The number of halogens is 2. The highest BCUT2D eigenvalue weighted by molar-refractivity contribution is 6.32. The van der Waals surface area contributed by atoms with Crippen LogP contribution in [0.2, 0.25) is 5.02 Å². The molecule has 268 valence electrons. The minimum Gasteiger partial charge on any atom is -0.382 e. The summed E-state index contributed by atoms with van der Waals surface area (Å²) in [4.78, 5) is 38.8. The summed E-state index contributed by atoms with van der Waals surface area (Å²) in [6.07, 6.45) is 4.10. The van der Waals surface area contributed by atoms with Crippen LogP contribution in [-0.2, 0) is 16.1 Å². The molecule has 52 heavy (non-hydrogen) atoms. The fourth-order valence-electron chi connectivity index (χ4n) is 8.05. The molecule has 2 fully saturated rings. The first-order valence-corrected chi connectivity index (χ1v) is 18.1. The Balaban J connectivity index is 1.06. The summed E-state index contributed by atoms with van der Waals surface area (Å²) in [6.45, 7) is 6.66. The molecule has 12 heteroatoms. The summed E-state index contributed by atoms with van der Waals surface area (Å²) in [5.74, 6) is -0.283. The molecule has 0 bridgehead atoms. The van der Waals surface area contributed by atoms with E-state index in [0.29, 0.717) is 34.2 Å². The number of nitrogens with one attached hydrogen (secondary N) is 3. The lowest BCUT2D eigenvalue weighted by molar-refractivity contribution is -0.136. The molecule has 1 saturated heterocycles. The zero-order chi connectivity index (χ0) is 36.7. The van der Waals surface area contributed by atoms with Crippen LogP contribution in [0.15, 0.2) is 53.1 Å². The van der Waals surface area contributed by atoms with Crippen LogP contribution in [0, 0.1) is 49.8 Å². The number of piperidine rings is 1. The van der Waals surface area contributed by atoms with Crippen LogP contribution in [0.3, 0.4) is 0 Å². The van der Waals surface area contributed by atoms with E-state index in [4.69, 9.17) is 16.1 Å². The number of hydrogen-bond acceptors (Lipinski definition) is 8. The van der Waals surface area contributed by atoms with Crippen molar-refractivity contribution >= 4 is 40.7 Å². The lowest BCUT2D eigenvalue weighted by Gasteiger charge is -2.36. The maximum atomic E-state index is 15.3. The first-order valence-electron chi connectivity index (χ1n) is 17.7. The quantitative estimate of drug-likeness (QED) is 0.149. The topological polar surface area (TPSA) is 140 Å². The number of carbonyl (C=O) groups excluding carboxylic acids is 3. The van der Waals surface area contributed by atoms with Gasteiger partial charge in [-0.3, -0.25) is 19.7 Å². The fourth-order valence-corrected chi connectivity index (χ4v) is 8.27. The summed E-state index contributed by atoms with van der Waals surface area (Å²) in [5, 5.41) is 23.3. The minimum absolute atomic E-state index is 0.0502. The van der Waals surface area contributed by atoms with Crippen molar-refractivity contribution in [1.29, 1.82) is 5.26 Å². The van der Waals surface area contributed by atoms with E-state index in [0.717, 1.165) is 65.1 Å². The Labute approximate surface area is 306 Å². The Morgan fingerprint density at radius 2 is 1.85 bits per heavy atom. The van der Waals surface area contributed by atoms with Gasteiger partial charge in [0.2, 0.25) is 11.8 Å². The van der Waals surface area contributed by atoms with Gasteiger partial charge in [0.1, 0.15) is 23.7 Å². The highest BCUT2D eigenvalue weighted by atomic mass is 35.5. The zero-order valence-corrected chi connectivity index (χ0v) is 30.1. The largest absolute Gasteiger partial charge is 0.382 e. The van der Waals surface area contributed by atoms with Crippen LogP contribution >= 0.6 is 11.6 Å². The molecule has 7 rings (SSSR count). The number of nitriles is 1. The molecule has 10 nitrogen and oxygen atoms in total. The van der Waals surface area contributed by atoms with Crippen molar-refractivity contribution in [3.8, 4) is 17.2 Å². The summed E-state index contributed by atoms with van der Waals surface area (Å²) in [6, 6.07) is 16.1. The van der Waals surface area contributed by atoms with Crippen molar-refractivity contribution < 1.29 is 23.3 Å². The van der Waals surface area contributed by atoms with Gasteiger partial charge in [0, 0.05) is 36.3 Å². The molecule has 1 aromatic heterocycles. The molecular weight excluding hydrogens is 683 g/mol. The van der Waals surface area contributed by atoms with E-state index in [2.05, 4.69) is 52.3 Å². The summed E-state index contributed by atoms with van der Waals surface area (Å²) in [5.41, 5.74) is 7.60. The third-order valence-electron chi connectivity index (χ3n) is 10.9. The Bertz CT molecular complexity index is 2100. The number of fused-ring (bicyclic) bond motifs is 1. The number of hydrogen-bond donors (Lipinski definition) is 3. The molecule has 4 aromatic rings. The van der Waals surface area contributed by atoms with E-state index >= 15 is 4.39 Å². The lowest BCUT2D eigenvalue weighted by atomic mass is 9.75. The second kappa shape index (κ2) is 14.4. The number of benzene rings is 3. The Morgan fingerprint density at radius 3 is 2.54 bits per heavy atom. The van der Waals surface area contributed by atoms with Crippen LogP contribution in [0.1, 0.15) is 88.6 Å². The number of carbonyl (C=O) groups is 3. The minimum atomic E-state index is -0.748. The number of anilines is 2. The van der Waals surface area contributed by atoms with Gasteiger partial charge in [-0.15, -0.1) is 0 Å². The van der Waals surface area contributed by atoms with E-state index in [-0.39, 0.29) is 48.8 Å². The first kappa shape index (κ1) is 35.2. The second-order valence-electron chi connectivity index (χ2n) is 14.2. The average molecular weight is 723 g/mol. The van der Waals surface area contributed by atoms with Gasteiger partial charge >= 0.3 is 0 Å². The second-order valence-corrected chi connectivity index (χ2v) is 14.7. The van der Waals surface area contributed by atoms with E-state index in [9.17, 15) is 19.6 Å². The molecule has 0 spiro atoms. The SMILES string of the molecule is Cc1ccc(-c2c(C)noc2C)cc1[C@H](Nc1ccc(C#N)c(Cl)c1)C1CCC(CNc2cc3c(cc2F)CN([C@@H]2CCC(=O)NC2=O)C3=O)CC1. The van der Waals surface area contributed by atoms with Crippen LogP contribution in [0.4, 0.5) is 15.8 Å². The molecule has 3 aliphatic rings. The van der Waals surface area contributed by atoms with Crippen LogP contribution < -0.4 is 16.0 Å². The van der Waals surface area contributed by atoms with Crippen molar-refractivity contribution in [2.75, 3.05) is 17.2 Å². The molecule has 2 atom stereocenters. The number of aromatic nitrogens is 1. The van der Waals surface area contributed by atoms with Gasteiger partial charge in [-0.25, -0.2) is 4.39 Å². The molecule has 3 N–H and O–H groups in total. The molecule has 0 radical (unpaired) electrons. The standard InChI is InChI=1S/C40H40ClFN6O4/c1-21-4-7-26(37-22(2)47-52-23(37)3)14-30(21)38(45-29-11-10-27(18-43)32(41)16-29)25-8-5-24(6-9-25)19-44-34-17-31-28(15-33(34)42)20-48(40(31)51)35-12-13-36(49)46-39(35)50/h4,7,10-11,14-17,24-25,35,38,44-45H,5-6,8-9,12-13,19-20H2,1-3H3,(H,46,49,50)/t24?,25?,35-,38-/m1/s1. The molecule has 1 aliphatic carbocycles. The summed E-state index contributed by atoms with van der Waals surface area (Å²) < 4.78 is 20.8. The highest BCUT2D eigenvalue weighted by Crippen LogP contribution is 2.42. The van der Waals surface area contributed by atoms with E-state index in [1.807, 2.05) is 19.9 Å². The number of rotatable bonds is 9. The van der Waals surface area contributed by atoms with Crippen LogP contribution in [-0.4, -0.2) is 40.4 Å². The molecular formula is C40H40ClFN6O4. The Kier molecular flexibility index (Phi) is 9.77. The van der Waals surface area contributed by atoms with Crippen molar-refractivity contribution in [3.63, 3.8) is 0 Å². The molecule has 3 heterocycles. The third-order valence-corrected chi connectivity index (χ3v) is 11.2. The Morgan fingerprint density at radius 1 is 1.06 bits per heavy atom. The average Bonchev–Trinajstić information content (AvgIpc) is 3.63. The van der Waals surface area contributed by atoms with Crippen LogP contribution in [0.5, 0.6) is 0 Å². The monoisotopic (exact) mass is 722 g/mol.